The van der Waals surface area contributed by atoms with Crippen LogP contribution in [-0.2, 0) is 21.4 Å². The van der Waals surface area contributed by atoms with E-state index in [1.54, 1.807) is 38.5 Å². The molecule has 2 aromatic rings. The molecular formula is C23H27NO5. The van der Waals surface area contributed by atoms with Gasteiger partial charge in [-0.05, 0) is 46.9 Å². The van der Waals surface area contributed by atoms with Gasteiger partial charge in [-0.15, -0.1) is 0 Å². The topological polar surface area (TPSA) is 65.1 Å². The third kappa shape index (κ3) is 3.79. The zero-order chi connectivity index (χ0) is 21.3. The quantitative estimate of drug-likeness (QED) is 0.736. The van der Waals surface area contributed by atoms with Gasteiger partial charge in [0.25, 0.3) is 5.91 Å². The van der Waals surface area contributed by atoms with E-state index in [1.165, 1.54) is 12.0 Å². The molecular weight excluding hydrogens is 370 g/mol. The van der Waals surface area contributed by atoms with Crippen molar-refractivity contribution >= 4 is 17.6 Å². The number of fused-ring (bicyclic) bond motifs is 1. The lowest BCUT2D eigenvalue weighted by molar-refractivity contribution is -0.141. The van der Waals surface area contributed by atoms with Crippen LogP contribution in [-0.4, -0.2) is 39.2 Å². The summed E-state index contributed by atoms with van der Waals surface area (Å²) in [6, 6.07) is 10.1. The molecule has 154 valence electrons. The highest BCUT2D eigenvalue weighted by Crippen LogP contribution is 2.38. The van der Waals surface area contributed by atoms with Gasteiger partial charge in [0.05, 0.1) is 21.3 Å². The minimum absolute atomic E-state index is 0.127. The number of carbonyl (C=O) groups is 2. The van der Waals surface area contributed by atoms with Gasteiger partial charge in [0.2, 0.25) is 0 Å². The monoisotopic (exact) mass is 397 g/mol. The van der Waals surface area contributed by atoms with Gasteiger partial charge in [-0.3, -0.25) is 9.69 Å². The van der Waals surface area contributed by atoms with Crippen LogP contribution in [0.5, 0.6) is 11.5 Å². The van der Waals surface area contributed by atoms with Crippen molar-refractivity contribution in [1.29, 1.82) is 0 Å². The molecule has 0 saturated heterocycles. The van der Waals surface area contributed by atoms with Gasteiger partial charge < -0.3 is 14.2 Å². The van der Waals surface area contributed by atoms with Crippen molar-refractivity contribution in [3.05, 3.63) is 53.1 Å². The highest BCUT2D eigenvalue weighted by Gasteiger charge is 2.40. The van der Waals surface area contributed by atoms with Gasteiger partial charge in [-0.2, -0.15) is 0 Å². The van der Waals surface area contributed by atoms with Gasteiger partial charge >= 0.3 is 5.97 Å². The first-order valence-corrected chi connectivity index (χ1v) is 9.48. The number of benzene rings is 2. The van der Waals surface area contributed by atoms with E-state index in [0.29, 0.717) is 29.2 Å². The maximum atomic E-state index is 13.5. The summed E-state index contributed by atoms with van der Waals surface area (Å²) < 4.78 is 15.8. The van der Waals surface area contributed by atoms with Crippen LogP contribution in [0.1, 0.15) is 42.3 Å². The third-order valence-corrected chi connectivity index (χ3v) is 5.22. The molecule has 0 saturated carbocycles. The summed E-state index contributed by atoms with van der Waals surface area (Å²) in [5.74, 6) is 0.597. The smallest absolute Gasteiger partial charge is 0.329 e. The molecule has 0 N–H and O–H groups in total. The molecule has 1 heterocycles. The average Bonchev–Trinajstić information content (AvgIpc) is 3.09. The minimum atomic E-state index is -0.720. The first-order chi connectivity index (χ1) is 13.7. The van der Waals surface area contributed by atoms with Crippen LogP contribution in [0, 0.1) is 0 Å². The van der Waals surface area contributed by atoms with E-state index in [-0.39, 0.29) is 11.3 Å². The van der Waals surface area contributed by atoms with Crippen molar-refractivity contribution in [1.82, 2.24) is 0 Å². The highest BCUT2D eigenvalue weighted by molar-refractivity contribution is 6.11. The van der Waals surface area contributed by atoms with E-state index in [0.717, 1.165) is 11.1 Å². The second-order valence-electron chi connectivity index (χ2n) is 8.08. The molecule has 1 amide bonds. The van der Waals surface area contributed by atoms with E-state index in [4.69, 9.17) is 14.2 Å². The molecule has 6 heteroatoms. The summed E-state index contributed by atoms with van der Waals surface area (Å²) in [4.78, 5) is 27.4. The number of nitrogens with zero attached hydrogens (tertiary/aromatic N) is 1. The Kier molecular flexibility index (Phi) is 5.55. The molecule has 0 radical (unpaired) electrons. The van der Waals surface area contributed by atoms with Crippen LogP contribution in [0.2, 0.25) is 0 Å². The Morgan fingerprint density at radius 3 is 2.31 bits per heavy atom. The maximum Gasteiger partial charge on any atom is 0.329 e. The number of carbonyl (C=O) groups excluding carboxylic acids is 2. The highest BCUT2D eigenvalue weighted by atomic mass is 16.5. The summed E-state index contributed by atoms with van der Waals surface area (Å²) in [5.41, 5.74) is 2.88. The van der Waals surface area contributed by atoms with Crippen molar-refractivity contribution in [2.75, 3.05) is 26.2 Å². The fourth-order valence-corrected chi connectivity index (χ4v) is 3.71. The second-order valence-corrected chi connectivity index (χ2v) is 8.08. The number of amides is 1. The molecule has 1 aliphatic rings. The summed E-state index contributed by atoms with van der Waals surface area (Å²) in [7, 11) is 4.50. The molecule has 3 rings (SSSR count). The number of anilines is 1. The number of methoxy groups -OCH3 is 3. The average molecular weight is 397 g/mol. The summed E-state index contributed by atoms with van der Waals surface area (Å²) >= 11 is 0. The molecule has 0 spiro atoms. The van der Waals surface area contributed by atoms with Crippen LogP contribution < -0.4 is 14.4 Å². The van der Waals surface area contributed by atoms with Crippen molar-refractivity contribution in [3.8, 4) is 11.5 Å². The van der Waals surface area contributed by atoms with E-state index >= 15 is 0 Å². The molecule has 0 aliphatic carbocycles. The number of ether oxygens (including phenoxy) is 3. The standard InChI is InChI=1S/C23H27NO5/c1-23(2,3)17-9-7-14(13-20(17)28-5)21(25)24-18-10-8-16(27-4)11-15(18)12-19(24)22(26)29-6/h7-11,13,19H,12H2,1-6H3. The van der Waals surface area contributed by atoms with Crippen molar-refractivity contribution in [2.24, 2.45) is 0 Å². The lowest BCUT2D eigenvalue weighted by atomic mass is 9.85. The molecule has 0 fully saturated rings. The zero-order valence-electron chi connectivity index (χ0n) is 17.7. The molecule has 0 aromatic heterocycles. The van der Waals surface area contributed by atoms with Gasteiger partial charge in [0.1, 0.15) is 17.5 Å². The van der Waals surface area contributed by atoms with Crippen molar-refractivity contribution < 1.29 is 23.8 Å². The Labute approximate surface area is 171 Å². The molecule has 1 atom stereocenters. The van der Waals surface area contributed by atoms with Crippen LogP contribution in [0.3, 0.4) is 0 Å². The predicted octanol–water partition coefficient (Wildman–Crippen LogP) is 3.75. The maximum absolute atomic E-state index is 13.5. The number of esters is 1. The summed E-state index contributed by atoms with van der Waals surface area (Å²) in [5, 5.41) is 0. The van der Waals surface area contributed by atoms with Crippen molar-refractivity contribution in [3.63, 3.8) is 0 Å². The van der Waals surface area contributed by atoms with Gasteiger partial charge in [0, 0.05) is 17.7 Å². The number of hydrogen-bond acceptors (Lipinski definition) is 5. The molecule has 6 nitrogen and oxygen atoms in total. The van der Waals surface area contributed by atoms with Crippen LogP contribution in [0.15, 0.2) is 36.4 Å². The zero-order valence-corrected chi connectivity index (χ0v) is 17.7. The second kappa shape index (κ2) is 7.78. The molecule has 1 aliphatic heterocycles. The van der Waals surface area contributed by atoms with Crippen molar-refractivity contribution in [2.45, 2.75) is 38.6 Å². The van der Waals surface area contributed by atoms with Crippen LogP contribution in [0.4, 0.5) is 5.69 Å². The van der Waals surface area contributed by atoms with Gasteiger partial charge in [0.15, 0.2) is 0 Å². The van der Waals surface area contributed by atoms with Crippen LogP contribution >= 0.6 is 0 Å². The lowest BCUT2D eigenvalue weighted by Crippen LogP contribution is -2.43. The summed E-state index contributed by atoms with van der Waals surface area (Å²) in [6.07, 6.45) is 0.377. The number of hydrogen-bond donors (Lipinski definition) is 0. The van der Waals surface area contributed by atoms with E-state index in [1.807, 2.05) is 12.1 Å². The normalized spacial score (nSPS) is 15.7. The molecule has 0 bridgehead atoms. The van der Waals surface area contributed by atoms with E-state index in [2.05, 4.69) is 20.8 Å². The molecule has 2 aromatic carbocycles. The van der Waals surface area contributed by atoms with Gasteiger partial charge in [-0.1, -0.05) is 26.8 Å². The van der Waals surface area contributed by atoms with Crippen LogP contribution in [0.25, 0.3) is 0 Å². The Bertz CT molecular complexity index is 945. The Morgan fingerprint density at radius 1 is 1.00 bits per heavy atom. The molecule has 29 heavy (non-hydrogen) atoms. The molecule has 1 unspecified atom stereocenters. The Morgan fingerprint density at radius 2 is 1.72 bits per heavy atom. The minimum Gasteiger partial charge on any atom is -0.497 e. The Balaban J connectivity index is 2.05. The number of rotatable bonds is 4. The predicted molar refractivity (Wildman–Crippen MR) is 111 cm³/mol. The Hall–Kier alpha value is -3.02. The third-order valence-electron chi connectivity index (χ3n) is 5.22. The van der Waals surface area contributed by atoms with E-state index < -0.39 is 12.0 Å². The fourth-order valence-electron chi connectivity index (χ4n) is 3.71. The fraction of sp³-hybridized carbons (Fsp3) is 0.391. The SMILES string of the molecule is COC(=O)C1Cc2cc(OC)ccc2N1C(=O)c1ccc(C(C)(C)C)c(OC)c1. The lowest BCUT2D eigenvalue weighted by Gasteiger charge is -2.26. The van der Waals surface area contributed by atoms with E-state index in [9.17, 15) is 9.59 Å². The first-order valence-electron chi connectivity index (χ1n) is 9.48. The first kappa shape index (κ1) is 20.7. The summed E-state index contributed by atoms with van der Waals surface area (Å²) in [6.45, 7) is 6.26. The largest absolute Gasteiger partial charge is 0.497 e. The van der Waals surface area contributed by atoms with Gasteiger partial charge in [-0.25, -0.2) is 4.79 Å².